The predicted octanol–water partition coefficient (Wildman–Crippen LogP) is 2.65. The Morgan fingerprint density at radius 1 is 0.977 bits per heavy atom. The van der Waals surface area contributed by atoms with Gasteiger partial charge in [-0.15, -0.1) is 0 Å². The van der Waals surface area contributed by atoms with Crippen LogP contribution >= 0.6 is 0 Å². The number of hydrogen-bond donors (Lipinski definition) is 1. The molecule has 6 rings (SSSR count). The first kappa shape index (κ1) is 31.0. The zero-order valence-electron chi connectivity index (χ0n) is 26.4. The van der Waals surface area contributed by atoms with Crippen LogP contribution in [-0.4, -0.2) is 109 Å². The van der Waals surface area contributed by atoms with Gasteiger partial charge in [0.05, 0.1) is 5.41 Å². The Hall–Kier alpha value is -3.02. The molecule has 4 saturated heterocycles. The van der Waals surface area contributed by atoms with E-state index in [1.54, 1.807) is 4.90 Å². The molecule has 0 radical (unpaired) electrons. The molecule has 1 aromatic carbocycles. The van der Waals surface area contributed by atoms with Crippen molar-refractivity contribution in [2.75, 3.05) is 63.9 Å². The monoisotopic (exact) mass is 609 g/mol. The van der Waals surface area contributed by atoms with Gasteiger partial charge in [-0.25, -0.2) is 4.79 Å². The topological polar surface area (TPSA) is 112 Å². The lowest BCUT2D eigenvalue weighted by Gasteiger charge is -2.39. The van der Waals surface area contributed by atoms with Crippen molar-refractivity contribution in [3.05, 3.63) is 29.3 Å². The summed E-state index contributed by atoms with van der Waals surface area (Å²) in [6.07, 6.45) is 3.60. The first-order valence-corrected chi connectivity index (χ1v) is 16.3. The first-order chi connectivity index (χ1) is 21.0. The third-order valence-electron chi connectivity index (χ3n) is 9.99. The minimum atomic E-state index is -0.677. The molecule has 0 bridgehead atoms. The lowest BCUT2D eigenvalue weighted by molar-refractivity contribution is -0.137. The van der Waals surface area contributed by atoms with E-state index in [0.29, 0.717) is 38.4 Å². The van der Waals surface area contributed by atoms with E-state index in [9.17, 15) is 19.2 Å². The van der Waals surface area contributed by atoms with Gasteiger partial charge < -0.3 is 19.3 Å². The number of imide groups is 1. The number of hydrogen-bond acceptors (Lipinski definition) is 8. The van der Waals surface area contributed by atoms with Crippen molar-refractivity contribution in [2.45, 2.75) is 82.9 Å². The third kappa shape index (κ3) is 6.37. The largest absolute Gasteiger partial charge is 0.444 e. The van der Waals surface area contributed by atoms with Crippen LogP contribution in [0.3, 0.4) is 0 Å². The molecule has 11 heteroatoms. The minimum Gasteiger partial charge on any atom is -0.444 e. The summed E-state index contributed by atoms with van der Waals surface area (Å²) in [5.74, 6) is -0.108. The molecule has 0 aliphatic carbocycles. The molecule has 5 aliphatic heterocycles. The van der Waals surface area contributed by atoms with E-state index in [2.05, 4.69) is 27.2 Å². The minimum absolute atomic E-state index is 0.0343. The normalized spacial score (nSPS) is 25.3. The number of nitrogens with zero attached hydrogens (tertiary/aromatic N) is 4. The molecule has 44 heavy (non-hydrogen) atoms. The highest BCUT2D eigenvalue weighted by atomic mass is 16.6. The second kappa shape index (κ2) is 12.4. The number of piperidine rings is 2. The Bertz CT molecular complexity index is 1270. The van der Waals surface area contributed by atoms with E-state index in [-0.39, 0.29) is 30.2 Å². The Labute approximate surface area is 260 Å². The van der Waals surface area contributed by atoms with Gasteiger partial charge in [0.1, 0.15) is 11.6 Å². The zero-order valence-corrected chi connectivity index (χ0v) is 26.4. The number of ether oxygens (including phenoxy) is 2. The summed E-state index contributed by atoms with van der Waals surface area (Å²) in [7, 11) is 0. The van der Waals surface area contributed by atoms with Crippen molar-refractivity contribution < 1.29 is 28.7 Å². The van der Waals surface area contributed by atoms with Gasteiger partial charge in [0.25, 0.3) is 0 Å². The number of rotatable bonds is 5. The number of carbonyl (C=O) groups is 4. The van der Waals surface area contributed by atoms with Gasteiger partial charge in [0, 0.05) is 77.7 Å². The lowest BCUT2D eigenvalue weighted by atomic mass is 9.75. The number of piperazine rings is 1. The van der Waals surface area contributed by atoms with Gasteiger partial charge in [0.15, 0.2) is 0 Å². The highest BCUT2D eigenvalue weighted by molar-refractivity contribution is 6.14. The van der Waals surface area contributed by atoms with Crippen LogP contribution in [0.2, 0.25) is 0 Å². The number of carbonyl (C=O) groups excluding carboxylic acids is 4. The van der Waals surface area contributed by atoms with Crippen molar-refractivity contribution >= 4 is 29.5 Å². The van der Waals surface area contributed by atoms with Gasteiger partial charge in [-0.05, 0) is 76.0 Å². The van der Waals surface area contributed by atoms with Crippen LogP contribution in [0.25, 0.3) is 0 Å². The number of anilines is 1. The van der Waals surface area contributed by atoms with Crippen LogP contribution in [-0.2, 0) is 35.8 Å². The Morgan fingerprint density at radius 2 is 1.66 bits per heavy atom. The van der Waals surface area contributed by atoms with Crippen molar-refractivity contribution in [1.82, 2.24) is 20.0 Å². The smallest absolute Gasteiger partial charge is 0.410 e. The number of likely N-dealkylation sites (tertiary alicyclic amines) is 1. The molecular formula is C33H47N5O6. The highest BCUT2D eigenvalue weighted by Crippen LogP contribution is 2.49. The number of amides is 4. The van der Waals surface area contributed by atoms with Crippen LogP contribution in [0, 0.1) is 5.92 Å². The zero-order chi connectivity index (χ0) is 31.1. The molecule has 5 heterocycles. The van der Waals surface area contributed by atoms with E-state index in [1.807, 2.05) is 31.7 Å². The summed E-state index contributed by atoms with van der Waals surface area (Å²) < 4.78 is 11.2. The van der Waals surface area contributed by atoms with Gasteiger partial charge >= 0.3 is 6.09 Å². The molecule has 1 unspecified atom stereocenters. The molecule has 240 valence electrons. The molecule has 1 N–H and O–H groups in total. The predicted molar refractivity (Wildman–Crippen MR) is 164 cm³/mol. The Balaban J connectivity index is 1.05. The summed E-state index contributed by atoms with van der Waals surface area (Å²) >= 11 is 0. The van der Waals surface area contributed by atoms with Crippen molar-refractivity contribution in [3.63, 3.8) is 0 Å². The SMILES string of the molecule is CC(C)(C)OC(=O)N1CCC(CN2CCN(Cc3ccc4c(c3)C3(CCOCC3)C(=O)N4C3CCC(=O)NC3=O)CC2)CC1. The van der Waals surface area contributed by atoms with E-state index in [1.165, 1.54) is 5.56 Å². The second-order valence-electron chi connectivity index (χ2n) is 14.2. The molecular weight excluding hydrogens is 562 g/mol. The average molecular weight is 610 g/mol. The molecule has 1 atom stereocenters. The third-order valence-corrected chi connectivity index (χ3v) is 9.99. The highest BCUT2D eigenvalue weighted by Gasteiger charge is 2.54. The fourth-order valence-electron chi connectivity index (χ4n) is 7.55. The van der Waals surface area contributed by atoms with Crippen LogP contribution in [0.4, 0.5) is 10.5 Å². The van der Waals surface area contributed by atoms with E-state index in [0.717, 1.165) is 76.5 Å². The quantitative estimate of drug-likeness (QED) is 0.508. The summed E-state index contributed by atoms with van der Waals surface area (Å²) in [5.41, 5.74) is 1.84. The first-order valence-electron chi connectivity index (χ1n) is 16.3. The molecule has 1 spiro atoms. The van der Waals surface area contributed by atoms with Crippen LogP contribution < -0.4 is 10.2 Å². The van der Waals surface area contributed by atoms with Crippen LogP contribution in [0.1, 0.15) is 70.4 Å². The molecule has 0 saturated carbocycles. The molecule has 0 aromatic heterocycles. The maximum atomic E-state index is 14.0. The Kier molecular flexibility index (Phi) is 8.73. The fraction of sp³-hybridized carbons (Fsp3) is 0.697. The van der Waals surface area contributed by atoms with Crippen LogP contribution in [0.5, 0.6) is 0 Å². The average Bonchev–Trinajstić information content (AvgIpc) is 3.20. The van der Waals surface area contributed by atoms with Crippen molar-refractivity contribution in [2.24, 2.45) is 5.92 Å². The van der Waals surface area contributed by atoms with Gasteiger partial charge in [-0.2, -0.15) is 0 Å². The Morgan fingerprint density at radius 3 is 2.32 bits per heavy atom. The number of nitrogens with one attached hydrogen (secondary N) is 1. The fourth-order valence-corrected chi connectivity index (χ4v) is 7.55. The maximum Gasteiger partial charge on any atom is 0.410 e. The molecule has 5 aliphatic rings. The standard InChI is InChI=1S/C33H47N5O6/c1-32(2,3)44-31(42)37-12-8-23(9-13-37)21-35-14-16-36(17-15-35)22-24-4-5-26-25(20-24)33(10-18-43-19-11-33)30(41)38(26)27-6-7-28(39)34-29(27)40/h4-5,20,23,27H,6-19,21-22H2,1-3H3,(H,34,39,40). The lowest BCUT2D eigenvalue weighted by Crippen LogP contribution is -2.56. The van der Waals surface area contributed by atoms with E-state index < -0.39 is 17.1 Å². The van der Waals surface area contributed by atoms with Crippen LogP contribution in [0.15, 0.2) is 18.2 Å². The number of benzene rings is 1. The van der Waals surface area contributed by atoms with E-state index in [4.69, 9.17) is 9.47 Å². The molecule has 11 nitrogen and oxygen atoms in total. The maximum absolute atomic E-state index is 14.0. The summed E-state index contributed by atoms with van der Waals surface area (Å²) in [4.78, 5) is 59.6. The van der Waals surface area contributed by atoms with Gasteiger partial charge in [0.2, 0.25) is 17.7 Å². The molecule has 1 aromatic rings. The number of fused-ring (bicyclic) bond motifs is 2. The summed E-state index contributed by atoms with van der Waals surface area (Å²) in [6.45, 7) is 14.1. The second-order valence-corrected chi connectivity index (χ2v) is 14.2. The molecule has 4 fully saturated rings. The van der Waals surface area contributed by atoms with E-state index >= 15 is 0 Å². The summed E-state index contributed by atoms with van der Waals surface area (Å²) in [6, 6.07) is 5.63. The van der Waals surface area contributed by atoms with Gasteiger partial charge in [-0.3, -0.25) is 29.5 Å². The van der Waals surface area contributed by atoms with Gasteiger partial charge in [-0.1, -0.05) is 12.1 Å². The van der Waals surface area contributed by atoms with Crippen molar-refractivity contribution in [3.8, 4) is 0 Å². The summed E-state index contributed by atoms with van der Waals surface area (Å²) in [5, 5.41) is 2.43. The molecule has 4 amide bonds. The van der Waals surface area contributed by atoms with Crippen molar-refractivity contribution in [1.29, 1.82) is 0 Å².